The third kappa shape index (κ3) is 5.76. The molecule has 0 saturated heterocycles. The molecular weight excluding hydrogens is 590 g/mol. The molecule has 3 aromatic carbocycles. The fourth-order valence-corrected chi connectivity index (χ4v) is 5.15. The molecule has 4 aromatic rings. The Morgan fingerprint density at radius 2 is 1.69 bits per heavy atom. The molecule has 230 valence electrons. The molecule has 2 aliphatic rings. The van der Waals surface area contributed by atoms with Crippen LogP contribution in [0, 0.1) is 35.6 Å². The van der Waals surface area contributed by atoms with E-state index in [1.54, 1.807) is 12.3 Å². The highest BCUT2D eigenvalue weighted by molar-refractivity contribution is 6.17. The minimum Gasteiger partial charge on any atom is -0.450 e. The summed E-state index contributed by atoms with van der Waals surface area (Å²) in [6.45, 7) is 1.87. The average molecular weight is 618 g/mol. The van der Waals surface area contributed by atoms with Gasteiger partial charge in [0.25, 0.3) is 0 Å². The van der Waals surface area contributed by atoms with E-state index in [2.05, 4.69) is 32.0 Å². The molecule has 1 unspecified atom stereocenters. The van der Waals surface area contributed by atoms with Crippen LogP contribution < -0.4 is 20.7 Å². The van der Waals surface area contributed by atoms with Crippen molar-refractivity contribution in [2.45, 2.75) is 32.4 Å². The van der Waals surface area contributed by atoms with Gasteiger partial charge in [-0.2, -0.15) is 4.39 Å². The molecule has 12 heteroatoms. The van der Waals surface area contributed by atoms with Gasteiger partial charge >= 0.3 is 0 Å². The number of hydrogen-bond donors (Lipinski definition) is 3. The zero-order valence-corrected chi connectivity index (χ0v) is 24.2. The topological polar surface area (TPSA) is 105 Å². The average Bonchev–Trinajstić information content (AvgIpc) is 3.85. The van der Waals surface area contributed by atoms with Crippen LogP contribution in [-0.4, -0.2) is 36.2 Å². The molecule has 1 saturated carbocycles. The molecule has 2 amide bonds. The van der Waals surface area contributed by atoms with Crippen LogP contribution in [0.3, 0.4) is 0 Å². The van der Waals surface area contributed by atoms with Crippen LogP contribution in [0.5, 0.6) is 11.5 Å². The summed E-state index contributed by atoms with van der Waals surface area (Å²) in [7, 11) is 1.83. The third-order valence-electron chi connectivity index (χ3n) is 7.94. The quantitative estimate of drug-likeness (QED) is 0.117. The molecule has 8 nitrogen and oxygen atoms in total. The second kappa shape index (κ2) is 11.8. The molecule has 3 N–H and O–H groups in total. The number of nitrogens with zero attached hydrogens (tertiary/aromatic N) is 2. The summed E-state index contributed by atoms with van der Waals surface area (Å²) >= 11 is 0. The number of rotatable bonds is 8. The third-order valence-corrected chi connectivity index (χ3v) is 7.94. The van der Waals surface area contributed by atoms with Crippen LogP contribution in [0.2, 0.25) is 0 Å². The Morgan fingerprint density at radius 3 is 2.36 bits per heavy atom. The highest BCUT2D eigenvalue weighted by Gasteiger charge is 2.56. The number of aliphatic imine (C=N–C) groups is 1. The van der Waals surface area contributed by atoms with Crippen LogP contribution >= 0.6 is 0 Å². The molecule has 1 atom stereocenters. The number of benzene rings is 3. The van der Waals surface area contributed by atoms with Gasteiger partial charge in [-0.15, -0.1) is 0 Å². The zero-order chi connectivity index (χ0) is 31.9. The number of ether oxygens (including phenoxy) is 1. The first-order valence-corrected chi connectivity index (χ1v) is 14.1. The first-order chi connectivity index (χ1) is 21.6. The number of anilines is 2. The monoisotopic (exact) mass is 617 g/mol. The van der Waals surface area contributed by atoms with Crippen molar-refractivity contribution in [3.8, 4) is 11.5 Å². The molecule has 1 fully saturated rings. The second-order valence-electron chi connectivity index (χ2n) is 10.9. The Hall–Kier alpha value is -5.10. The normalized spacial score (nSPS) is 16.7. The van der Waals surface area contributed by atoms with Gasteiger partial charge in [0.1, 0.15) is 23.1 Å². The molecule has 6 rings (SSSR count). The Kier molecular flexibility index (Phi) is 7.83. The fourth-order valence-electron chi connectivity index (χ4n) is 5.15. The maximum Gasteiger partial charge on any atom is 0.240 e. The largest absolute Gasteiger partial charge is 0.450 e. The number of carbonyl (C=O) groups is 2. The molecule has 2 heterocycles. The summed E-state index contributed by atoms with van der Waals surface area (Å²) in [5.74, 6) is -7.60. The zero-order valence-electron chi connectivity index (χ0n) is 24.2. The SMILES string of the molecule is CNC1CC=C(c2cc3nccc(Oc4c(F)cc(NC(=O)C5(C(=O)Nc6ccc(F)cc6)CC5)c(F)c4F)c3cc2C)C=N1. The van der Waals surface area contributed by atoms with Gasteiger partial charge in [0.05, 0.1) is 11.2 Å². The van der Waals surface area contributed by atoms with Crippen molar-refractivity contribution in [1.82, 2.24) is 10.3 Å². The predicted octanol–water partition coefficient (Wildman–Crippen LogP) is 6.65. The van der Waals surface area contributed by atoms with Gasteiger partial charge < -0.3 is 15.4 Å². The number of allylic oxidation sites excluding steroid dienone is 1. The van der Waals surface area contributed by atoms with E-state index >= 15 is 13.2 Å². The van der Waals surface area contributed by atoms with Crippen molar-refractivity contribution in [3.63, 3.8) is 0 Å². The van der Waals surface area contributed by atoms with E-state index < -0.39 is 51.9 Å². The Bertz CT molecular complexity index is 1910. The van der Waals surface area contributed by atoms with E-state index in [0.29, 0.717) is 23.4 Å². The maximum atomic E-state index is 15.3. The highest BCUT2D eigenvalue weighted by atomic mass is 19.2. The summed E-state index contributed by atoms with van der Waals surface area (Å²) in [4.78, 5) is 34.6. The molecule has 0 radical (unpaired) electrons. The number of aryl methyl sites for hydroxylation is 1. The Morgan fingerprint density at radius 1 is 0.956 bits per heavy atom. The first kappa shape index (κ1) is 29.9. The minimum absolute atomic E-state index is 0.000296. The molecule has 0 bridgehead atoms. The Labute approximate surface area is 255 Å². The van der Waals surface area contributed by atoms with E-state index in [0.717, 1.165) is 28.8 Å². The van der Waals surface area contributed by atoms with Gasteiger partial charge in [0.15, 0.2) is 11.6 Å². The van der Waals surface area contributed by atoms with Crippen molar-refractivity contribution in [2.24, 2.45) is 10.4 Å². The van der Waals surface area contributed by atoms with Crippen LogP contribution in [0.15, 0.2) is 65.8 Å². The summed E-state index contributed by atoms with van der Waals surface area (Å²) in [6, 6.07) is 10.5. The van der Waals surface area contributed by atoms with E-state index in [1.165, 1.54) is 24.4 Å². The lowest BCUT2D eigenvalue weighted by Crippen LogP contribution is -2.36. The lowest BCUT2D eigenvalue weighted by molar-refractivity contribution is -0.131. The lowest BCUT2D eigenvalue weighted by atomic mass is 9.96. The Balaban J connectivity index is 1.23. The second-order valence-corrected chi connectivity index (χ2v) is 10.9. The fraction of sp³-hybridized carbons (Fsp3) is 0.212. The standard InChI is InChI=1S/C33H27F4N5O3/c1-17-13-22-24(14-21(17)18-3-8-27(38-2)40-16-18)39-12-9-26(22)45-30-23(35)15-25(28(36)29(30)37)42-32(44)33(10-11-33)31(43)41-20-6-4-19(34)5-7-20/h3-7,9,12-16,27,38H,8,10-11H2,1-2H3,(H,41,43)(H,42,44). The summed E-state index contributed by atoms with van der Waals surface area (Å²) in [5.41, 5.74) is 1.01. The smallest absolute Gasteiger partial charge is 0.240 e. The molecule has 0 spiro atoms. The van der Waals surface area contributed by atoms with Gasteiger partial charge in [0, 0.05) is 36.0 Å². The van der Waals surface area contributed by atoms with Crippen LogP contribution in [0.4, 0.5) is 28.9 Å². The molecule has 45 heavy (non-hydrogen) atoms. The summed E-state index contributed by atoms with van der Waals surface area (Å²) < 4.78 is 64.4. The first-order valence-electron chi connectivity index (χ1n) is 14.1. The number of hydrogen-bond acceptors (Lipinski definition) is 6. The number of fused-ring (bicyclic) bond motifs is 1. The van der Waals surface area contributed by atoms with Gasteiger partial charge in [0.2, 0.25) is 23.4 Å². The molecule has 1 aromatic heterocycles. The maximum absolute atomic E-state index is 15.3. The molecule has 1 aliphatic carbocycles. The number of dihydropyridines is 1. The van der Waals surface area contributed by atoms with Gasteiger partial charge in [-0.05, 0) is 86.0 Å². The van der Waals surface area contributed by atoms with Gasteiger partial charge in [-0.3, -0.25) is 24.9 Å². The molecule has 1 aliphatic heterocycles. The number of nitrogens with one attached hydrogen (secondary N) is 3. The number of pyridine rings is 1. The van der Waals surface area contributed by atoms with Crippen molar-refractivity contribution in [1.29, 1.82) is 0 Å². The molecular formula is C33H27F4N5O3. The minimum atomic E-state index is -1.66. The summed E-state index contributed by atoms with van der Waals surface area (Å²) in [6.07, 6.45) is 6.22. The van der Waals surface area contributed by atoms with E-state index in [9.17, 15) is 14.0 Å². The van der Waals surface area contributed by atoms with Crippen LogP contribution in [0.25, 0.3) is 16.5 Å². The number of aromatic nitrogens is 1. The highest BCUT2D eigenvalue weighted by Crippen LogP contribution is 2.48. The van der Waals surface area contributed by atoms with E-state index in [-0.39, 0.29) is 30.4 Å². The van der Waals surface area contributed by atoms with Crippen LogP contribution in [-0.2, 0) is 9.59 Å². The van der Waals surface area contributed by atoms with Crippen LogP contribution in [0.1, 0.15) is 30.4 Å². The van der Waals surface area contributed by atoms with Gasteiger partial charge in [-0.1, -0.05) is 6.08 Å². The van der Waals surface area contributed by atoms with E-state index in [1.807, 2.05) is 20.0 Å². The summed E-state index contributed by atoms with van der Waals surface area (Å²) in [5, 5.41) is 8.19. The van der Waals surface area contributed by atoms with Crippen molar-refractivity contribution >= 4 is 45.9 Å². The number of amides is 2. The van der Waals surface area contributed by atoms with Crippen molar-refractivity contribution < 1.29 is 31.9 Å². The van der Waals surface area contributed by atoms with E-state index in [4.69, 9.17) is 4.74 Å². The van der Waals surface area contributed by atoms with Gasteiger partial charge in [-0.25, -0.2) is 13.2 Å². The van der Waals surface area contributed by atoms with Crippen molar-refractivity contribution in [2.75, 3.05) is 17.7 Å². The predicted molar refractivity (Wildman–Crippen MR) is 162 cm³/mol. The number of halogens is 4. The number of carbonyl (C=O) groups excluding carboxylic acids is 2. The van der Waals surface area contributed by atoms with Crippen molar-refractivity contribution in [3.05, 3.63) is 95.2 Å². The lowest BCUT2D eigenvalue weighted by Gasteiger charge is -2.18.